The Morgan fingerprint density at radius 2 is 1.74 bits per heavy atom. The second-order valence-electron chi connectivity index (χ2n) is 5.18. The molecule has 0 radical (unpaired) electrons. The molecule has 0 saturated carbocycles. The molecule has 130 valence electrons. The zero-order chi connectivity index (χ0) is 16.9. The van der Waals surface area contributed by atoms with Crippen molar-refractivity contribution in [3.63, 3.8) is 0 Å². The molecule has 0 aliphatic carbocycles. The van der Waals surface area contributed by atoms with Crippen molar-refractivity contribution >= 4 is 34.1 Å². The lowest BCUT2D eigenvalue weighted by molar-refractivity contribution is -0.123. The third-order valence-corrected chi connectivity index (χ3v) is 4.33. The van der Waals surface area contributed by atoms with Crippen LogP contribution in [0.4, 0.5) is 0 Å². The predicted molar refractivity (Wildman–Crippen MR) is 89.8 cm³/mol. The van der Waals surface area contributed by atoms with Gasteiger partial charge in [-0.3, -0.25) is 9.59 Å². The van der Waals surface area contributed by atoms with Crippen LogP contribution < -0.4 is 16.8 Å². The summed E-state index contributed by atoms with van der Waals surface area (Å²) in [6.07, 6.45) is 1.36. The summed E-state index contributed by atoms with van der Waals surface area (Å²) in [5, 5.41) is 2.71. The highest BCUT2D eigenvalue weighted by Gasteiger charge is 2.17. The van der Waals surface area contributed by atoms with Gasteiger partial charge in [0.2, 0.25) is 11.8 Å². The number of sulfone groups is 1. The molecule has 7 nitrogen and oxygen atoms in total. The van der Waals surface area contributed by atoms with Gasteiger partial charge in [0, 0.05) is 12.7 Å². The van der Waals surface area contributed by atoms with Crippen molar-refractivity contribution in [2.45, 2.75) is 36.7 Å². The SMILES string of the molecule is C[C@H](NC(=O)[C@@H](N)CCC(N)=O)c1ccc(S(C)(=O)=O)cc1.Cl. The number of rotatable bonds is 7. The fraction of sp³-hybridized carbons (Fsp3) is 0.429. The number of carbonyl (C=O) groups excluding carboxylic acids is 2. The molecular weight excluding hydrogens is 342 g/mol. The second kappa shape index (κ2) is 8.85. The number of hydrogen-bond acceptors (Lipinski definition) is 5. The van der Waals surface area contributed by atoms with E-state index in [0.717, 1.165) is 11.8 Å². The Morgan fingerprint density at radius 3 is 2.17 bits per heavy atom. The number of carbonyl (C=O) groups is 2. The number of benzene rings is 1. The highest BCUT2D eigenvalue weighted by Crippen LogP contribution is 2.16. The van der Waals surface area contributed by atoms with Gasteiger partial charge >= 0.3 is 0 Å². The maximum absolute atomic E-state index is 11.9. The van der Waals surface area contributed by atoms with Crippen LogP contribution >= 0.6 is 12.4 Å². The highest BCUT2D eigenvalue weighted by molar-refractivity contribution is 7.90. The van der Waals surface area contributed by atoms with Crippen molar-refractivity contribution in [1.29, 1.82) is 0 Å². The summed E-state index contributed by atoms with van der Waals surface area (Å²) in [4.78, 5) is 22.8. The Kier molecular flexibility index (Phi) is 8.22. The third kappa shape index (κ3) is 6.98. The van der Waals surface area contributed by atoms with E-state index < -0.39 is 21.8 Å². The molecule has 2 atom stereocenters. The molecular formula is C14H22ClN3O4S. The molecule has 1 aromatic carbocycles. The minimum atomic E-state index is -3.25. The van der Waals surface area contributed by atoms with E-state index in [2.05, 4.69) is 5.32 Å². The maximum atomic E-state index is 11.9. The van der Waals surface area contributed by atoms with E-state index in [1.165, 1.54) is 12.1 Å². The van der Waals surface area contributed by atoms with Crippen LogP contribution in [0, 0.1) is 0 Å². The third-order valence-electron chi connectivity index (χ3n) is 3.21. The molecule has 0 bridgehead atoms. The summed E-state index contributed by atoms with van der Waals surface area (Å²) in [5.41, 5.74) is 11.4. The molecule has 2 amide bonds. The molecule has 0 aliphatic heterocycles. The summed E-state index contributed by atoms with van der Waals surface area (Å²) in [5.74, 6) is -0.895. The number of nitrogens with one attached hydrogen (secondary N) is 1. The molecule has 23 heavy (non-hydrogen) atoms. The molecule has 0 fully saturated rings. The van der Waals surface area contributed by atoms with Crippen LogP contribution in [0.3, 0.4) is 0 Å². The van der Waals surface area contributed by atoms with E-state index in [1.807, 2.05) is 0 Å². The quantitative estimate of drug-likeness (QED) is 0.640. The summed E-state index contributed by atoms with van der Waals surface area (Å²) in [6.45, 7) is 1.76. The average molecular weight is 364 g/mol. The van der Waals surface area contributed by atoms with Crippen LogP contribution in [-0.2, 0) is 19.4 Å². The van der Waals surface area contributed by atoms with Crippen molar-refractivity contribution in [1.82, 2.24) is 5.32 Å². The Hall–Kier alpha value is -1.64. The molecule has 0 saturated heterocycles. The van der Waals surface area contributed by atoms with Crippen LogP contribution in [0.2, 0.25) is 0 Å². The number of primary amides is 1. The molecule has 0 spiro atoms. The van der Waals surface area contributed by atoms with Crippen molar-refractivity contribution in [3.05, 3.63) is 29.8 Å². The van der Waals surface area contributed by atoms with Crippen LogP contribution in [0.1, 0.15) is 31.4 Å². The second-order valence-corrected chi connectivity index (χ2v) is 7.20. The van der Waals surface area contributed by atoms with Crippen LogP contribution in [0.5, 0.6) is 0 Å². The van der Waals surface area contributed by atoms with Gasteiger partial charge in [-0.05, 0) is 31.0 Å². The minimum Gasteiger partial charge on any atom is -0.370 e. The van der Waals surface area contributed by atoms with Gasteiger partial charge in [0.1, 0.15) is 0 Å². The van der Waals surface area contributed by atoms with E-state index in [4.69, 9.17) is 11.5 Å². The zero-order valence-corrected chi connectivity index (χ0v) is 14.6. The molecule has 1 rings (SSSR count). The van der Waals surface area contributed by atoms with Gasteiger partial charge in [-0.2, -0.15) is 0 Å². The topological polar surface area (TPSA) is 132 Å². The van der Waals surface area contributed by atoms with Gasteiger partial charge in [0.05, 0.1) is 17.0 Å². The first-order chi connectivity index (χ1) is 10.1. The lowest BCUT2D eigenvalue weighted by atomic mass is 10.1. The smallest absolute Gasteiger partial charge is 0.237 e. The molecule has 0 unspecified atom stereocenters. The monoisotopic (exact) mass is 363 g/mol. The number of amides is 2. The Labute approximate surface area is 142 Å². The molecule has 0 aliphatic rings. The molecule has 1 aromatic rings. The minimum absolute atomic E-state index is 0. The van der Waals surface area contributed by atoms with E-state index in [-0.39, 0.29) is 42.1 Å². The van der Waals surface area contributed by atoms with Crippen LogP contribution in [-0.4, -0.2) is 32.5 Å². The largest absolute Gasteiger partial charge is 0.370 e. The zero-order valence-electron chi connectivity index (χ0n) is 13.0. The first-order valence-corrected chi connectivity index (χ1v) is 8.64. The Morgan fingerprint density at radius 1 is 1.22 bits per heavy atom. The van der Waals surface area contributed by atoms with Crippen molar-refractivity contribution in [2.24, 2.45) is 11.5 Å². The molecule has 9 heteroatoms. The lowest BCUT2D eigenvalue weighted by Crippen LogP contribution is -2.42. The average Bonchev–Trinajstić information content (AvgIpc) is 2.43. The van der Waals surface area contributed by atoms with Gasteiger partial charge in [-0.25, -0.2) is 8.42 Å². The molecule has 5 N–H and O–H groups in total. The van der Waals surface area contributed by atoms with Gasteiger partial charge in [0.15, 0.2) is 9.84 Å². The summed E-state index contributed by atoms with van der Waals surface area (Å²) < 4.78 is 22.8. The summed E-state index contributed by atoms with van der Waals surface area (Å²) in [7, 11) is -3.25. The normalized spacial score (nSPS) is 13.5. The van der Waals surface area contributed by atoms with Crippen molar-refractivity contribution in [3.8, 4) is 0 Å². The van der Waals surface area contributed by atoms with E-state index in [1.54, 1.807) is 19.1 Å². The van der Waals surface area contributed by atoms with Gasteiger partial charge in [-0.15, -0.1) is 12.4 Å². The van der Waals surface area contributed by atoms with E-state index in [9.17, 15) is 18.0 Å². The molecule has 0 heterocycles. The van der Waals surface area contributed by atoms with Crippen LogP contribution in [0.25, 0.3) is 0 Å². The summed E-state index contributed by atoms with van der Waals surface area (Å²) >= 11 is 0. The van der Waals surface area contributed by atoms with E-state index >= 15 is 0 Å². The van der Waals surface area contributed by atoms with Gasteiger partial charge in [0.25, 0.3) is 0 Å². The first-order valence-electron chi connectivity index (χ1n) is 6.75. The molecule has 0 aromatic heterocycles. The van der Waals surface area contributed by atoms with E-state index in [0.29, 0.717) is 0 Å². The fourth-order valence-corrected chi connectivity index (χ4v) is 2.47. The maximum Gasteiger partial charge on any atom is 0.237 e. The fourth-order valence-electron chi connectivity index (χ4n) is 1.84. The van der Waals surface area contributed by atoms with Gasteiger partial charge in [-0.1, -0.05) is 12.1 Å². The summed E-state index contributed by atoms with van der Waals surface area (Å²) in [6, 6.07) is 5.10. The Bertz CT molecular complexity index is 646. The lowest BCUT2D eigenvalue weighted by Gasteiger charge is -2.18. The number of hydrogen-bond donors (Lipinski definition) is 3. The Balaban J connectivity index is 0.00000484. The van der Waals surface area contributed by atoms with Crippen molar-refractivity contribution in [2.75, 3.05) is 6.26 Å². The van der Waals surface area contributed by atoms with Crippen LogP contribution in [0.15, 0.2) is 29.2 Å². The predicted octanol–water partition coefficient (Wildman–Crippen LogP) is 0.282. The number of halogens is 1. The van der Waals surface area contributed by atoms with Gasteiger partial charge < -0.3 is 16.8 Å². The standard InChI is InChI=1S/C14H21N3O4S.ClH/c1-9(17-14(19)12(15)7-8-13(16)18)10-3-5-11(6-4-10)22(2,20)21;/h3-6,9,12H,7-8,15H2,1-2H3,(H2,16,18)(H,17,19);1H/t9-,12-;/m0./s1. The first kappa shape index (κ1) is 21.4. The number of nitrogens with two attached hydrogens (primary N) is 2. The van der Waals surface area contributed by atoms with Crippen molar-refractivity contribution < 1.29 is 18.0 Å². The highest BCUT2D eigenvalue weighted by atomic mass is 35.5.